The SMILES string of the molecule is COCc1nc(-c2ccc(OC)c(F)c2)nc(N)c1Br. The quantitative estimate of drug-likeness (QED) is 0.925. The van der Waals surface area contributed by atoms with Crippen LogP contribution in [0.3, 0.4) is 0 Å². The van der Waals surface area contributed by atoms with Crippen molar-refractivity contribution >= 4 is 21.7 Å². The minimum Gasteiger partial charge on any atom is -0.494 e. The molecule has 0 radical (unpaired) electrons. The van der Waals surface area contributed by atoms with E-state index in [0.717, 1.165) is 0 Å². The number of rotatable bonds is 4. The van der Waals surface area contributed by atoms with Crippen LogP contribution in [0.2, 0.25) is 0 Å². The third kappa shape index (κ3) is 2.88. The van der Waals surface area contributed by atoms with Gasteiger partial charge in [-0.15, -0.1) is 0 Å². The minimum absolute atomic E-state index is 0.163. The Kier molecular flexibility index (Phi) is 4.51. The number of ether oxygens (including phenoxy) is 2. The van der Waals surface area contributed by atoms with Gasteiger partial charge in [-0.3, -0.25) is 0 Å². The van der Waals surface area contributed by atoms with Crippen molar-refractivity contribution in [3.05, 3.63) is 34.2 Å². The van der Waals surface area contributed by atoms with E-state index in [1.165, 1.54) is 19.2 Å². The molecule has 0 saturated carbocycles. The Morgan fingerprint density at radius 2 is 2.05 bits per heavy atom. The van der Waals surface area contributed by atoms with Gasteiger partial charge in [0.25, 0.3) is 0 Å². The van der Waals surface area contributed by atoms with Crippen LogP contribution in [0.5, 0.6) is 5.75 Å². The number of nitrogens with two attached hydrogens (primary N) is 1. The van der Waals surface area contributed by atoms with Crippen LogP contribution in [-0.2, 0) is 11.3 Å². The molecular weight excluding hydrogens is 329 g/mol. The van der Waals surface area contributed by atoms with Crippen LogP contribution in [0, 0.1) is 5.82 Å². The molecule has 5 nitrogen and oxygen atoms in total. The monoisotopic (exact) mass is 341 g/mol. The molecule has 0 aliphatic heterocycles. The van der Waals surface area contributed by atoms with Crippen LogP contribution >= 0.6 is 15.9 Å². The van der Waals surface area contributed by atoms with Crippen LogP contribution < -0.4 is 10.5 Å². The van der Waals surface area contributed by atoms with E-state index in [9.17, 15) is 4.39 Å². The summed E-state index contributed by atoms with van der Waals surface area (Å²) in [6.45, 7) is 0.277. The first-order chi connectivity index (χ1) is 9.56. The number of hydrogen-bond donors (Lipinski definition) is 1. The van der Waals surface area contributed by atoms with Crippen molar-refractivity contribution in [1.29, 1.82) is 0 Å². The molecule has 106 valence electrons. The zero-order chi connectivity index (χ0) is 14.7. The first-order valence-corrected chi connectivity index (χ1v) is 6.50. The van der Waals surface area contributed by atoms with Crippen molar-refractivity contribution in [3.8, 4) is 17.1 Å². The van der Waals surface area contributed by atoms with Gasteiger partial charge in [0.15, 0.2) is 17.4 Å². The largest absolute Gasteiger partial charge is 0.494 e. The maximum Gasteiger partial charge on any atom is 0.165 e. The Balaban J connectivity index is 2.49. The molecule has 0 fully saturated rings. The van der Waals surface area contributed by atoms with E-state index >= 15 is 0 Å². The Hall–Kier alpha value is -1.73. The van der Waals surface area contributed by atoms with E-state index in [4.69, 9.17) is 15.2 Å². The van der Waals surface area contributed by atoms with Gasteiger partial charge in [-0.1, -0.05) is 0 Å². The molecule has 0 bridgehead atoms. The molecule has 0 unspecified atom stereocenters. The average molecular weight is 342 g/mol. The van der Waals surface area contributed by atoms with Crippen molar-refractivity contribution in [2.45, 2.75) is 6.61 Å². The molecule has 0 amide bonds. The molecule has 2 rings (SSSR count). The van der Waals surface area contributed by atoms with Gasteiger partial charge in [-0.05, 0) is 34.1 Å². The highest BCUT2D eigenvalue weighted by Gasteiger charge is 2.13. The smallest absolute Gasteiger partial charge is 0.165 e. The molecule has 0 spiro atoms. The van der Waals surface area contributed by atoms with Gasteiger partial charge in [-0.2, -0.15) is 0 Å². The Morgan fingerprint density at radius 1 is 1.30 bits per heavy atom. The van der Waals surface area contributed by atoms with Crippen molar-refractivity contribution < 1.29 is 13.9 Å². The second-order valence-electron chi connectivity index (χ2n) is 3.98. The van der Waals surface area contributed by atoms with Gasteiger partial charge in [0.2, 0.25) is 0 Å². The second kappa shape index (κ2) is 6.15. The first-order valence-electron chi connectivity index (χ1n) is 5.71. The average Bonchev–Trinajstić information content (AvgIpc) is 2.43. The number of halogens is 2. The summed E-state index contributed by atoms with van der Waals surface area (Å²) in [5.41, 5.74) is 6.93. The van der Waals surface area contributed by atoms with Gasteiger partial charge in [0.05, 0.1) is 23.9 Å². The number of methoxy groups -OCH3 is 2. The number of hydrogen-bond acceptors (Lipinski definition) is 5. The Labute approximate surface area is 124 Å². The van der Waals surface area contributed by atoms with Crippen LogP contribution in [0.1, 0.15) is 5.69 Å². The number of nitrogen functional groups attached to an aromatic ring is 1. The molecule has 2 aromatic rings. The summed E-state index contributed by atoms with van der Waals surface area (Å²) in [5, 5.41) is 0. The standard InChI is InChI=1S/C13H13BrFN3O2/c1-19-6-9-11(14)12(16)18-13(17-9)7-3-4-10(20-2)8(15)5-7/h3-5H,6H2,1-2H3,(H2,16,17,18). The third-order valence-corrected chi connectivity index (χ3v) is 3.50. The molecule has 0 aliphatic rings. The van der Waals surface area contributed by atoms with Gasteiger partial charge >= 0.3 is 0 Å². The van der Waals surface area contributed by atoms with Crippen LogP contribution in [0.4, 0.5) is 10.2 Å². The van der Waals surface area contributed by atoms with Gasteiger partial charge in [0.1, 0.15) is 5.82 Å². The molecule has 20 heavy (non-hydrogen) atoms. The Morgan fingerprint density at radius 3 is 2.65 bits per heavy atom. The maximum absolute atomic E-state index is 13.7. The lowest BCUT2D eigenvalue weighted by molar-refractivity contribution is 0.181. The summed E-state index contributed by atoms with van der Waals surface area (Å²) in [5.74, 6) is 0.289. The molecular formula is C13H13BrFN3O2. The zero-order valence-corrected chi connectivity index (χ0v) is 12.6. The molecule has 0 saturated heterocycles. The lowest BCUT2D eigenvalue weighted by Crippen LogP contribution is -2.04. The lowest BCUT2D eigenvalue weighted by atomic mass is 10.2. The summed E-state index contributed by atoms with van der Waals surface area (Å²) in [4.78, 5) is 8.46. The highest BCUT2D eigenvalue weighted by Crippen LogP contribution is 2.28. The highest BCUT2D eigenvalue weighted by molar-refractivity contribution is 9.10. The van der Waals surface area contributed by atoms with Crippen molar-refractivity contribution in [2.75, 3.05) is 20.0 Å². The fourth-order valence-corrected chi connectivity index (χ4v) is 1.97. The predicted octanol–water partition coefficient (Wildman–Crippen LogP) is 2.78. The van der Waals surface area contributed by atoms with Crippen molar-refractivity contribution in [3.63, 3.8) is 0 Å². The minimum atomic E-state index is -0.483. The fraction of sp³-hybridized carbons (Fsp3) is 0.231. The summed E-state index contributed by atoms with van der Waals surface area (Å²) in [6, 6.07) is 4.49. The lowest BCUT2D eigenvalue weighted by Gasteiger charge is -2.09. The van der Waals surface area contributed by atoms with Crippen LogP contribution in [-0.4, -0.2) is 24.2 Å². The van der Waals surface area contributed by atoms with Crippen LogP contribution in [0.25, 0.3) is 11.4 Å². The van der Waals surface area contributed by atoms with E-state index < -0.39 is 5.82 Å². The van der Waals surface area contributed by atoms with E-state index in [1.54, 1.807) is 13.2 Å². The number of nitrogens with zero attached hydrogens (tertiary/aromatic N) is 2. The molecule has 2 N–H and O–H groups in total. The number of benzene rings is 1. The molecule has 1 aromatic heterocycles. The number of aromatic nitrogens is 2. The maximum atomic E-state index is 13.7. The van der Waals surface area contributed by atoms with Gasteiger partial charge in [0, 0.05) is 12.7 Å². The van der Waals surface area contributed by atoms with Crippen molar-refractivity contribution in [2.24, 2.45) is 0 Å². The summed E-state index contributed by atoms with van der Waals surface area (Å²) in [6.07, 6.45) is 0. The molecule has 7 heteroatoms. The molecule has 1 heterocycles. The topological polar surface area (TPSA) is 70.3 Å². The highest BCUT2D eigenvalue weighted by atomic mass is 79.9. The molecule has 0 aliphatic carbocycles. The van der Waals surface area contributed by atoms with E-state index in [1.807, 2.05) is 0 Å². The third-order valence-electron chi connectivity index (χ3n) is 2.64. The van der Waals surface area contributed by atoms with Gasteiger partial charge in [-0.25, -0.2) is 14.4 Å². The fourth-order valence-electron chi connectivity index (χ4n) is 1.68. The molecule has 1 aromatic carbocycles. The zero-order valence-electron chi connectivity index (χ0n) is 11.0. The van der Waals surface area contributed by atoms with E-state index in [-0.39, 0.29) is 18.2 Å². The summed E-state index contributed by atoms with van der Waals surface area (Å²) in [7, 11) is 2.96. The van der Waals surface area contributed by atoms with Crippen molar-refractivity contribution in [1.82, 2.24) is 9.97 Å². The van der Waals surface area contributed by atoms with Crippen LogP contribution in [0.15, 0.2) is 22.7 Å². The van der Waals surface area contributed by atoms with E-state index in [0.29, 0.717) is 21.6 Å². The normalized spacial score (nSPS) is 10.6. The molecule has 0 atom stereocenters. The summed E-state index contributed by atoms with van der Waals surface area (Å²) < 4.78 is 24.2. The van der Waals surface area contributed by atoms with E-state index in [2.05, 4.69) is 25.9 Å². The van der Waals surface area contributed by atoms with Gasteiger partial charge < -0.3 is 15.2 Å². The predicted molar refractivity (Wildman–Crippen MR) is 76.8 cm³/mol. The first kappa shape index (κ1) is 14.7. The second-order valence-corrected chi connectivity index (χ2v) is 4.77. The summed E-state index contributed by atoms with van der Waals surface area (Å²) >= 11 is 3.30. The Bertz CT molecular complexity index is 637. The number of anilines is 1.